The third kappa shape index (κ3) is 2.90. The number of nitrogens with zero attached hydrogens (tertiary/aromatic N) is 2. The predicted octanol–water partition coefficient (Wildman–Crippen LogP) is 1.46. The van der Waals surface area contributed by atoms with E-state index in [9.17, 15) is 0 Å². The van der Waals surface area contributed by atoms with Crippen LogP contribution in [0.25, 0.3) is 0 Å². The highest BCUT2D eigenvalue weighted by Gasteiger charge is 2.17. The summed E-state index contributed by atoms with van der Waals surface area (Å²) in [5, 5.41) is 10.0. The molecule has 1 aliphatic carbocycles. The van der Waals surface area contributed by atoms with Gasteiger partial charge < -0.3 is 16.0 Å². The quantitative estimate of drug-likeness (QED) is 0.710. The van der Waals surface area contributed by atoms with Crippen molar-refractivity contribution < 1.29 is 0 Å². The Morgan fingerprint density at radius 3 is 2.72 bits per heavy atom. The topological polar surface area (TPSA) is 61.9 Å². The highest BCUT2D eigenvalue weighted by Crippen LogP contribution is 2.29. The summed E-state index contributed by atoms with van der Waals surface area (Å²) in [6, 6.07) is 2.52. The van der Waals surface area contributed by atoms with Crippen molar-refractivity contribution in [3.63, 3.8) is 0 Å². The van der Waals surface area contributed by atoms with Gasteiger partial charge in [-0.1, -0.05) is 19.3 Å². The molecule has 0 spiro atoms. The van der Waals surface area contributed by atoms with E-state index in [-0.39, 0.29) is 0 Å². The van der Waals surface area contributed by atoms with Gasteiger partial charge in [-0.25, -0.2) is 9.97 Å². The number of anilines is 2. The molecule has 2 heterocycles. The Bertz CT molecular complexity index is 387. The van der Waals surface area contributed by atoms with Gasteiger partial charge in [-0.3, -0.25) is 0 Å². The van der Waals surface area contributed by atoms with E-state index < -0.39 is 0 Å². The largest absolute Gasteiger partial charge is 0.370 e. The van der Waals surface area contributed by atoms with Gasteiger partial charge in [0, 0.05) is 25.7 Å². The van der Waals surface area contributed by atoms with E-state index in [4.69, 9.17) is 0 Å². The normalized spacial score (nSPS) is 20.0. The first-order chi connectivity index (χ1) is 8.90. The fourth-order valence-corrected chi connectivity index (χ4v) is 2.32. The second-order valence-electron chi connectivity index (χ2n) is 5.30. The molecule has 0 radical (unpaired) electrons. The zero-order chi connectivity index (χ0) is 12.2. The maximum absolute atomic E-state index is 4.25. The van der Waals surface area contributed by atoms with E-state index in [1.165, 1.54) is 25.7 Å². The fraction of sp³-hybridized carbons (Fsp3) is 0.692. The van der Waals surface area contributed by atoms with Gasteiger partial charge in [0.2, 0.25) is 0 Å². The second-order valence-corrected chi connectivity index (χ2v) is 5.30. The van der Waals surface area contributed by atoms with E-state index in [1.54, 1.807) is 6.33 Å². The monoisotopic (exact) mass is 247 g/mol. The lowest BCUT2D eigenvalue weighted by Gasteiger charge is -2.28. The van der Waals surface area contributed by atoms with Crippen molar-refractivity contribution in [3.8, 4) is 0 Å². The lowest BCUT2D eigenvalue weighted by molar-refractivity contribution is 0.303. The molecule has 1 aromatic heterocycles. The molecule has 5 heteroatoms. The number of nitrogens with one attached hydrogen (secondary N) is 3. The van der Waals surface area contributed by atoms with Crippen molar-refractivity contribution >= 4 is 11.6 Å². The standard InChI is InChI=1S/C13H21N5/c1-2-10(3-1)4-5-15-12-6-13(17-9-16-12)18-11-7-14-8-11/h6,9-11,14H,1-5,7-8H2,(H2,15,16,17,18). The Morgan fingerprint density at radius 2 is 2.06 bits per heavy atom. The maximum Gasteiger partial charge on any atom is 0.131 e. The van der Waals surface area contributed by atoms with E-state index in [1.807, 2.05) is 6.07 Å². The maximum atomic E-state index is 4.25. The second kappa shape index (κ2) is 5.52. The number of hydrogen-bond acceptors (Lipinski definition) is 5. The van der Waals surface area contributed by atoms with Crippen molar-refractivity contribution in [3.05, 3.63) is 12.4 Å². The van der Waals surface area contributed by atoms with E-state index in [0.29, 0.717) is 6.04 Å². The third-order valence-electron chi connectivity index (χ3n) is 3.88. The number of rotatable bonds is 6. The molecule has 1 aromatic rings. The molecule has 98 valence electrons. The van der Waals surface area contributed by atoms with Gasteiger partial charge in [-0.2, -0.15) is 0 Å². The average molecular weight is 247 g/mol. The van der Waals surface area contributed by atoms with Crippen LogP contribution in [-0.4, -0.2) is 35.6 Å². The van der Waals surface area contributed by atoms with Gasteiger partial charge in [0.25, 0.3) is 0 Å². The minimum Gasteiger partial charge on any atom is -0.370 e. The van der Waals surface area contributed by atoms with Crippen LogP contribution in [0.3, 0.4) is 0 Å². The SMILES string of the molecule is c1nc(NCCC2CCC2)cc(NC2CNC2)n1. The third-order valence-corrected chi connectivity index (χ3v) is 3.88. The predicted molar refractivity (Wildman–Crippen MR) is 72.8 cm³/mol. The molecule has 3 N–H and O–H groups in total. The van der Waals surface area contributed by atoms with Crippen LogP contribution in [0.4, 0.5) is 11.6 Å². The molecule has 0 atom stereocenters. The first kappa shape index (κ1) is 11.7. The van der Waals surface area contributed by atoms with Crippen LogP contribution in [0.2, 0.25) is 0 Å². The summed E-state index contributed by atoms with van der Waals surface area (Å²) >= 11 is 0. The molecule has 3 rings (SSSR count). The molecule has 18 heavy (non-hydrogen) atoms. The van der Waals surface area contributed by atoms with Crippen molar-refractivity contribution in [1.82, 2.24) is 15.3 Å². The number of aromatic nitrogens is 2. The van der Waals surface area contributed by atoms with E-state index >= 15 is 0 Å². The highest BCUT2D eigenvalue weighted by atomic mass is 15.1. The smallest absolute Gasteiger partial charge is 0.131 e. The van der Waals surface area contributed by atoms with Gasteiger partial charge in [0.05, 0.1) is 6.04 Å². The summed E-state index contributed by atoms with van der Waals surface area (Å²) in [6.07, 6.45) is 7.13. The van der Waals surface area contributed by atoms with Gasteiger partial charge >= 0.3 is 0 Å². The van der Waals surface area contributed by atoms with Crippen LogP contribution in [-0.2, 0) is 0 Å². The van der Waals surface area contributed by atoms with Crippen LogP contribution >= 0.6 is 0 Å². The lowest BCUT2D eigenvalue weighted by Crippen LogP contribution is -2.51. The molecule has 1 saturated heterocycles. The van der Waals surface area contributed by atoms with Gasteiger partial charge in [0.15, 0.2) is 0 Å². The molecule has 0 aromatic carbocycles. The van der Waals surface area contributed by atoms with Crippen molar-refractivity contribution in [1.29, 1.82) is 0 Å². The van der Waals surface area contributed by atoms with Crippen LogP contribution in [0.1, 0.15) is 25.7 Å². The zero-order valence-corrected chi connectivity index (χ0v) is 10.7. The summed E-state index contributed by atoms with van der Waals surface area (Å²) in [6.45, 7) is 3.06. The Kier molecular flexibility index (Phi) is 3.59. The first-order valence-corrected chi connectivity index (χ1v) is 6.93. The molecular weight excluding hydrogens is 226 g/mol. The van der Waals surface area contributed by atoms with Gasteiger partial charge in [0.1, 0.15) is 18.0 Å². The molecule has 1 aliphatic heterocycles. The summed E-state index contributed by atoms with van der Waals surface area (Å²) in [4.78, 5) is 8.50. The van der Waals surface area contributed by atoms with Crippen LogP contribution < -0.4 is 16.0 Å². The van der Waals surface area contributed by atoms with Crippen molar-refractivity contribution in [2.24, 2.45) is 5.92 Å². The molecule has 0 unspecified atom stereocenters. The Morgan fingerprint density at radius 1 is 1.22 bits per heavy atom. The lowest BCUT2D eigenvalue weighted by atomic mass is 9.83. The van der Waals surface area contributed by atoms with Gasteiger partial charge in [-0.05, 0) is 12.3 Å². The summed E-state index contributed by atoms with van der Waals surface area (Å²) in [5.74, 6) is 2.79. The molecule has 0 bridgehead atoms. The minimum atomic E-state index is 0.516. The summed E-state index contributed by atoms with van der Waals surface area (Å²) in [5.41, 5.74) is 0. The Labute approximate surface area is 108 Å². The molecule has 2 fully saturated rings. The Hall–Kier alpha value is -1.36. The fourth-order valence-electron chi connectivity index (χ4n) is 2.32. The molecule has 5 nitrogen and oxygen atoms in total. The molecule has 2 aliphatic rings. The molecule has 1 saturated carbocycles. The Balaban J connectivity index is 1.46. The first-order valence-electron chi connectivity index (χ1n) is 6.93. The van der Waals surface area contributed by atoms with Crippen molar-refractivity contribution in [2.75, 3.05) is 30.3 Å². The summed E-state index contributed by atoms with van der Waals surface area (Å²) < 4.78 is 0. The van der Waals surface area contributed by atoms with Crippen LogP contribution in [0, 0.1) is 5.92 Å². The van der Waals surface area contributed by atoms with Gasteiger partial charge in [-0.15, -0.1) is 0 Å². The van der Waals surface area contributed by atoms with E-state index in [2.05, 4.69) is 25.9 Å². The highest BCUT2D eigenvalue weighted by molar-refractivity contribution is 5.47. The van der Waals surface area contributed by atoms with E-state index in [0.717, 1.165) is 37.2 Å². The summed E-state index contributed by atoms with van der Waals surface area (Å²) in [7, 11) is 0. The molecule has 0 amide bonds. The van der Waals surface area contributed by atoms with Crippen LogP contribution in [0.5, 0.6) is 0 Å². The van der Waals surface area contributed by atoms with Crippen LogP contribution in [0.15, 0.2) is 12.4 Å². The minimum absolute atomic E-state index is 0.516. The zero-order valence-electron chi connectivity index (χ0n) is 10.7. The number of hydrogen-bond donors (Lipinski definition) is 3. The molecular formula is C13H21N5. The van der Waals surface area contributed by atoms with Crippen molar-refractivity contribution in [2.45, 2.75) is 31.7 Å². The average Bonchev–Trinajstić information content (AvgIpc) is 2.28.